The molecule has 0 aromatic carbocycles. The fourth-order valence-corrected chi connectivity index (χ4v) is 2.63. The molecule has 1 amide bonds. The number of methoxy groups -OCH3 is 1. The van der Waals surface area contributed by atoms with Crippen LogP contribution in [0.2, 0.25) is 0 Å². The molecule has 7 nitrogen and oxygen atoms in total. The van der Waals surface area contributed by atoms with Gasteiger partial charge in [0.25, 0.3) is 5.56 Å². The minimum Gasteiger partial charge on any atom is -0.383 e. The minimum atomic E-state index is -0.367. The average molecular weight is 336 g/mol. The summed E-state index contributed by atoms with van der Waals surface area (Å²) in [6, 6.07) is 1.82. The lowest BCUT2D eigenvalue weighted by Crippen LogP contribution is -2.48. The van der Waals surface area contributed by atoms with Crippen molar-refractivity contribution in [2.45, 2.75) is 46.2 Å². The highest BCUT2D eigenvalue weighted by molar-refractivity contribution is 5.81. The molecule has 24 heavy (non-hydrogen) atoms. The van der Waals surface area contributed by atoms with Gasteiger partial charge >= 0.3 is 0 Å². The molecule has 0 bridgehead atoms. The predicted octanol–water partition coefficient (Wildman–Crippen LogP) is 1.02. The van der Waals surface area contributed by atoms with Gasteiger partial charge in [-0.25, -0.2) is 4.68 Å². The van der Waals surface area contributed by atoms with E-state index in [2.05, 4.69) is 15.3 Å². The first-order valence-corrected chi connectivity index (χ1v) is 8.43. The first-order chi connectivity index (χ1) is 11.3. The number of ether oxygens (including phenoxy) is 1. The monoisotopic (exact) mass is 336 g/mol. The third-order valence-electron chi connectivity index (χ3n) is 4.24. The molecular formula is C17H28N4O3. The summed E-state index contributed by atoms with van der Waals surface area (Å²) >= 11 is 0. The largest absolute Gasteiger partial charge is 0.383 e. The number of nitrogens with one attached hydrogen (secondary N) is 1. The van der Waals surface area contributed by atoms with E-state index in [1.54, 1.807) is 19.4 Å². The molecule has 1 aliphatic heterocycles. The molecule has 2 rings (SSSR count). The summed E-state index contributed by atoms with van der Waals surface area (Å²) in [7, 11) is 1.60. The lowest BCUT2D eigenvalue weighted by atomic mass is 9.94. The summed E-state index contributed by atoms with van der Waals surface area (Å²) in [5.74, 6) is 0.0864. The molecule has 1 saturated heterocycles. The number of carbonyl (C=O) groups is 1. The van der Waals surface area contributed by atoms with Crippen molar-refractivity contribution in [3.8, 4) is 0 Å². The zero-order chi connectivity index (χ0) is 17.7. The molecule has 1 N–H and O–H groups in total. The number of piperidine rings is 1. The van der Waals surface area contributed by atoms with Gasteiger partial charge in [0, 0.05) is 37.7 Å². The van der Waals surface area contributed by atoms with E-state index >= 15 is 0 Å². The van der Waals surface area contributed by atoms with Gasteiger partial charge in [-0.3, -0.25) is 9.59 Å². The summed E-state index contributed by atoms with van der Waals surface area (Å²) in [5, 5.41) is 7.32. The molecule has 1 aromatic rings. The maximum atomic E-state index is 12.1. The van der Waals surface area contributed by atoms with Crippen molar-refractivity contribution in [2.75, 3.05) is 31.7 Å². The Bertz CT molecular complexity index is 613. The van der Waals surface area contributed by atoms with Crippen molar-refractivity contribution in [3.05, 3.63) is 22.6 Å². The van der Waals surface area contributed by atoms with E-state index in [0.29, 0.717) is 13.2 Å². The number of carbonyl (C=O) groups excluding carboxylic acids is 1. The highest BCUT2D eigenvalue weighted by atomic mass is 16.5. The summed E-state index contributed by atoms with van der Waals surface area (Å²) in [4.78, 5) is 26.3. The smallest absolute Gasteiger partial charge is 0.268 e. The number of nitrogens with zero attached hydrogens (tertiary/aromatic N) is 3. The highest BCUT2D eigenvalue weighted by Crippen LogP contribution is 2.19. The average Bonchev–Trinajstić information content (AvgIpc) is 2.53. The van der Waals surface area contributed by atoms with Crippen LogP contribution < -0.4 is 15.8 Å². The Labute approximate surface area is 143 Å². The van der Waals surface area contributed by atoms with Crippen LogP contribution in [0, 0.1) is 5.41 Å². The van der Waals surface area contributed by atoms with E-state index in [0.717, 1.165) is 31.6 Å². The van der Waals surface area contributed by atoms with Gasteiger partial charge in [-0.1, -0.05) is 20.8 Å². The number of anilines is 1. The van der Waals surface area contributed by atoms with Crippen molar-refractivity contribution >= 4 is 11.6 Å². The maximum absolute atomic E-state index is 12.1. The van der Waals surface area contributed by atoms with Crippen LogP contribution in [0.15, 0.2) is 17.1 Å². The molecule has 0 atom stereocenters. The molecule has 1 fully saturated rings. The third-order valence-corrected chi connectivity index (χ3v) is 4.24. The normalized spacial score (nSPS) is 16.2. The quantitative estimate of drug-likeness (QED) is 0.869. The van der Waals surface area contributed by atoms with Gasteiger partial charge in [-0.05, 0) is 12.8 Å². The Hall–Kier alpha value is -1.89. The van der Waals surface area contributed by atoms with Crippen molar-refractivity contribution < 1.29 is 9.53 Å². The van der Waals surface area contributed by atoms with Gasteiger partial charge < -0.3 is 15.0 Å². The molecule has 1 aromatic heterocycles. The van der Waals surface area contributed by atoms with Gasteiger partial charge in [0.2, 0.25) is 5.91 Å². The summed E-state index contributed by atoms with van der Waals surface area (Å²) < 4.78 is 6.38. The van der Waals surface area contributed by atoms with E-state index in [1.165, 1.54) is 4.68 Å². The molecule has 7 heteroatoms. The zero-order valence-corrected chi connectivity index (χ0v) is 15.0. The van der Waals surface area contributed by atoms with E-state index in [1.807, 2.05) is 20.8 Å². The van der Waals surface area contributed by atoms with E-state index in [4.69, 9.17) is 4.74 Å². The van der Waals surface area contributed by atoms with Gasteiger partial charge in [-0.2, -0.15) is 5.10 Å². The van der Waals surface area contributed by atoms with Crippen LogP contribution in [0.4, 0.5) is 5.69 Å². The van der Waals surface area contributed by atoms with Gasteiger partial charge in [0.15, 0.2) is 0 Å². The van der Waals surface area contributed by atoms with Crippen molar-refractivity contribution in [2.24, 2.45) is 5.41 Å². The molecular weight excluding hydrogens is 308 g/mol. The van der Waals surface area contributed by atoms with Crippen LogP contribution in [0.3, 0.4) is 0 Å². The second-order valence-corrected chi connectivity index (χ2v) is 7.25. The van der Waals surface area contributed by atoms with Gasteiger partial charge in [0.05, 0.1) is 25.0 Å². The summed E-state index contributed by atoms with van der Waals surface area (Å²) in [6.07, 6.45) is 3.47. The van der Waals surface area contributed by atoms with Gasteiger partial charge in [0.1, 0.15) is 0 Å². The zero-order valence-electron chi connectivity index (χ0n) is 15.0. The number of hydrogen-bond donors (Lipinski definition) is 1. The molecule has 0 radical (unpaired) electrons. The van der Waals surface area contributed by atoms with Crippen LogP contribution in [0.1, 0.15) is 33.6 Å². The predicted molar refractivity (Wildman–Crippen MR) is 93.2 cm³/mol. The Kier molecular flexibility index (Phi) is 5.99. The Balaban J connectivity index is 1.91. The number of aromatic nitrogens is 2. The van der Waals surface area contributed by atoms with Crippen LogP contribution in [-0.2, 0) is 16.1 Å². The Morgan fingerprint density at radius 1 is 1.38 bits per heavy atom. The highest BCUT2D eigenvalue weighted by Gasteiger charge is 2.26. The topological polar surface area (TPSA) is 76.5 Å². The lowest BCUT2D eigenvalue weighted by Gasteiger charge is -2.34. The van der Waals surface area contributed by atoms with Gasteiger partial charge in [-0.15, -0.1) is 0 Å². The Morgan fingerprint density at radius 3 is 2.58 bits per heavy atom. The van der Waals surface area contributed by atoms with Crippen LogP contribution in [-0.4, -0.2) is 48.5 Å². The number of amides is 1. The van der Waals surface area contributed by atoms with E-state index < -0.39 is 0 Å². The van der Waals surface area contributed by atoms with Crippen molar-refractivity contribution in [1.29, 1.82) is 0 Å². The first-order valence-electron chi connectivity index (χ1n) is 8.43. The second kappa shape index (κ2) is 7.79. The molecule has 0 aliphatic carbocycles. The minimum absolute atomic E-state index is 0.0864. The lowest BCUT2D eigenvalue weighted by molar-refractivity contribution is -0.129. The number of hydrogen-bond acceptors (Lipinski definition) is 5. The molecule has 0 spiro atoms. The van der Waals surface area contributed by atoms with E-state index in [9.17, 15) is 9.59 Å². The number of rotatable bonds is 5. The van der Waals surface area contributed by atoms with Crippen molar-refractivity contribution in [1.82, 2.24) is 15.1 Å². The fourth-order valence-electron chi connectivity index (χ4n) is 2.63. The molecule has 134 valence electrons. The van der Waals surface area contributed by atoms with Crippen molar-refractivity contribution in [3.63, 3.8) is 0 Å². The maximum Gasteiger partial charge on any atom is 0.268 e. The SMILES string of the molecule is COCCn1ncc(N2CCC(NC(=O)C(C)(C)C)CC2)cc1=O. The summed E-state index contributed by atoms with van der Waals surface area (Å²) in [5.41, 5.74) is 0.357. The standard InChI is InChI=1S/C17H28N4O3/c1-17(2,3)16(23)19-13-5-7-20(8-6-13)14-11-15(22)21(18-12-14)9-10-24-4/h11-13H,5-10H2,1-4H3,(H,19,23). The molecule has 2 heterocycles. The molecule has 0 saturated carbocycles. The molecule has 1 aliphatic rings. The van der Waals surface area contributed by atoms with E-state index in [-0.39, 0.29) is 22.9 Å². The van der Waals surface area contributed by atoms with Crippen LogP contribution in [0.25, 0.3) is 0 Å². The fraction of sp³-hybridized carbons (Fsp3) is 0.706. The van der Waals surface area contributed by atoms with Crippen LogP contribution in [0.5, 0.6) is 0 Å². The van der Waals surface area contributed by atoms with Crippen LogP contribution >= 0.6 is 0 Å². The molecule has 0 unspecified atom stereocenters. The Morgan fingerprint density at radius 2 is 2.04 bits per heavy atom. The summed E-state index contributed by atoms with van der Waals surface area (Å²) in [6.45, 7) is 8.28. The second-order valence-electron chi connectivity index (χ2n) is 7.25. The third kappa shape index (κ3) is 4.80. The first kappa shape index (κ1) is 18.4.